The summed E-state index contributed by atoms with van der Waals surface area (Å²) in [4.78, 5) is 0. The number of aryl methyl sites for hydroxylation is 1. The summed E-state index contributed by atoms with van der Waals surface area (Å²) >= 11 is 0. The van der Waals surface area contributed by atoms with Gasteiger partial charge in [-0.25, -0.2) is 0 Å². The Labute approximate surface area is 127 Å². The van der Waals surface area contributed by atoms with Crippen LogP contribution in [-0.2, 0) is 18.3 Å². The lowest BCUT2D eigenvalue weighted by Gasteiger charge is -2.20. The summed E-state index contributed by atoms with van der Waals surface area (Å²) in [6, 6.07) is 13.0. The van der Waals surface area contributed by atoms with Gasteiger partial charge in [0, 0.05) is 12.5 Å². The zero-order valence-corrected chi connectivity index (χ0v) is 13.2. The quantitative estimate of drug-likeness (QED) is 0.630. The van der Waals surface area contributed by atoms with Gasteiger partial charge in [0.2, 0.25) is 0 Å². The molecule has 1 unspecified atom stereocenters. The van der Waals surface area contributed by atoms with Crippen molar-refractivity contribution in [3.63, 3.8) is 0 Å². The standard InChI is InChI=1S/C18H26N2O/c1-18(2,3)15-8-6-14(7-9-15)13-16(20-19)10-11-17-5-4-12-21-17/h4-9,12,16,20H,10-11,13,19H2,1-3H3. The highest BCUT2D eigenvalue weighted by atomic mass is 16.3. The van der Waals surface area contributed by atoms with Crippen LogP contribution < -0.4 is 11.3 Å². The van der Waals surface area contributed by atoms with Crippen molar-refractivity contribution >= 4 is 0 Å². The molecule has 0 aliphatic heterocycles. The molecule has 1 atom stereocenters. The van der Waals surface area contributed by atoms with E-state index >= 15 is 0 Å². The first kappa shape index (κ1) is 15.8. The third-order valence-corrected chi connectivity index (χ3v) is 3.86. The maximum Gasteiger partial charge on any atom is 0.103 e. The molecular formula is C18H26N2O. The summed E-state index contributed by atoms with van der Waals surface area (Å²) in [5.74, 6) is 6.69. The molecule has 0 saturated heterocycles. The van der Waals surface area contributed by atoms with Crippen LogP contribution in [0.1, 0.15) is 44.1 Å². The van der Waals surface area contributed by atoms with Gasteiger partial charge in [-0.3, -0.25) is 11.3 Å². The molecule has 3 heteroatoms. The van der Waals surface area contributed by atoms with Crippen LogP contribution >= 0.6 is 0 Å². The van der Waals surface area contributed by atoms with Crippen molar-refractivity contribution in [1.82, 2.24) is 5.43 Å². The van der Waals surface area contributed by atoms with E-state index < -0.39 is 0 Å². The summed E-state index contributed by atoms with van der Waals surface area (Å²) in [6.07, 6.45) is 4.51. The molecule has 0 spiro atoms. The SMILES string of the molecule is CC(C)(C)c1ccc(CC(CCc2ccco2)NN)cc1. The molecule has 1 aromatic heterocycles. The molecule has 1 heterocycles. The third-order valence-electron chi connectivity index (χ3n) is 3.86. The van der Waals surface area contributed by atoms with E-state index in [0.29, 0.717) is 0 Å². The van der Waals surface area contributed by atoms with E-state index in [1.54, 1.807) is 6.26 Å². The van der Waals surface area contributed by atoms with Crippen molar-refractivity contribution in [1.29, 1.82) is 0 Å². The van der Waals surface area contributed by atoms with Gasteiger partial charge >= 0.3 is 0 Å². The molecule has 1 aromatic carbocycles. The molecular weight excluding hydrogens is 260 g/mol. The summed E-state index contributed by atoms with van der Waals surface area (Å²) in [7, 11) is 0. The molecule has 0 bridgehead atoms. The van der Waals surface area contributed by atoms with Crippen LogP contribution in [0.5, 0.6) is 0 Å². The van der Waals surface area contributed by atoms with E-state index in [1.165, 1.54) is 11.1 Å². The molecule has 3 nitrogen and oxygen atoms in total. The van der Waals surface area contributed by atoms with E-state index in [1.807, 2.05) is 12.1 Å². The first-order valence-corrected chi connectivity index (χ1v) is 7.57. The Kier molecular flexibility index (Phi) is 5.21. The molecule has 0 amide bonds. The first-order valence-electron chi connectivity index (χ1n) is 7.57. The Morgan fingerprint density at radius 1 is 1.14 bits per heavy atom. The van der Waals surface area contributed by atoms with E-state index in [-0.39, 0.29) is 11.5 Å². The molecule has 0 aliphatic carbocycles. The minimum atomic E-state index is 0.198. The number of benzene rings is 1. The van der Waals surface area contributed by atoms with Crippen LogP contribution in [0.4, 0.5) is 0 Å². The highest BCUT2D eigenvalue weighted by Gasteiger charge is 2.14. The molecule has 0 saturated carbocycles. The largest absolute Gasteiger partial charge is 0.469 e. The number of hydrogen-bond donors (Lipinski definition) is 2. The van der Waals surface area contributed by atoms with Crippen LogP contribution in [0.3, 0.4) is 0 Å². The molecule has 0 aliphatic rings. The second-order valence-corrected chi connectivity index (χ2v) is 6.63. The van der Waals surface area contributed by atoms with Gasteiger partial charge in [0.05, 0.1) is 6.26 Å². The lowest BCUT2D eigenvalue weighted by atomic mass is 9.86. The maximum atomic E-state index is 5.68. The van der Waals surface area contributed by atoms with Crippen LogP contribution in [0.2, 0.25) is 0 Å². The van der Waals surface area contributed by atoms with Gasteiger partial charge in [-0.2, -0.15) is 0 Å². The Morgan fingerprint density at radius 2 is 1.86 bits per heavy atom. The van der Waals surface area contributed by atoms with Gasteiger partial charge in [0.1, 0.15) is 5.76 Å². The van der Waals surface area contributed by atoms with E-state index in [2.05, 4.69) is 50.5 Å². The minimum Gasteiger partial charge on any atom is -0.469 e. The molecule has 2 aromatic rings. The van der Waals surface area contributed by atoms with E-state index in [9.17, 15) is 0 Å². The number of nitrogens with one attached hydrogen (secondary N) is 1. The highest BCUT2D eigenvalue weighted by molar-refractivity contribution is 5.28. The molecule has 0 radical (unpaired) electrons. The maximum absolute atomic E-state index is 5.68. The predicted octanol–water partition coefficient (Wildman–Crippen LogP) is 3.58. The van der Waals surface area contributed by atoms with E-state index in [0.717, 1.165) is 25.0 Å². The Hall–Kier alpha value is -1.58. The topological polar surface area (TPSA) is 51.2 Å². The predicted molar refractivity (Wildman–Crippen MR) is 87.0 cm³/mol. The van der Waals surface area contributed by atoms with Crippen LogP contribution in [0, 0.1) is 0 Å². The van der Waals surface area contributed by atoms with Gasteiger partial charge in [-0.05, 0) is 41.5 Å². The van der Waals surface area contributed by atoms with Crippen molar-refractivity contribution in [3.05, 3.63) is 59.5 Å². The monoisotopic (exact) mass is 286 g/mol. The van der Waals surface area contributed by atoms with Crippen molar-refractivity contribution < 1.29 is 4.42 Å². The number of hydrazine groups is 1. The Balaban J connectivity index is 1.92. The average Bonchev–Trinajstić information content (AvgIpc) is 2.96. The van der Waals surface area contributed by atoms with Crippen molar-refractivity contribution in [2.75, 3.05) is 0 Å². The van der Waals surface area contributed by atoms with Crippen molar-refractivity contribution in [2.45, 2.75) is 51.5 Å². The lowest BCUT2D eigenvalue weighted by Crippen LogP contribution is -2.37. The zero-order chi connectivity index (χ0) is 15.3. The van der Waals surface area contributed by atoms with Gasteiger partial charge in [0.25, 0.3) is 0 Å². The van der Waals surface area contributed by atoms with Gasteiger partial charge in [0.15, 0.2) is 0 Å². The molecule has 114 valence electrons. The second-order valence-electron chi connectivity index (χ2n) is 6.63. The second kappa shape index (κ2) is 6.92. The summed E-state index contributed by atoms with van der Waals surface area (Å²) in [5, 5.41) is 0. The van der Waals surface area contributed by atoms with Crippen LogP contribution in [0.15, 0.2) is 47.1 Å². The molecule has 0 fully saturated rings. The van der Waals surface area contributed by atoms with Crippen molar-refractivity contribution in [2.24, 2.45) is 5.84 Å². The Bertz CT molecular complexity index is 523. The van der Waals surface area contributed by atoms with E-state index in [4.69, 9.17) is 10.3 Å². The number of rotatable bonds is 6. The van der Waals surface area contributed by atoms with Crippen LogP contribution in [0.25, 0.3) is 0 Å². The Morgan fingerprint density at radius 3 is 2.38 bits per heavy atom. The van der Waals surface area contributed by atoms with Crippen molar-refractivity contribution in [3.8, 4) is 0 Å². The fourth-order valence-corrected chi connectivity index (χ4v) is 2.44. The third kappa shape index (κ3) is 4.73. The molecule has 21 heavy (non-hydrogen) atoms. The van der Waals surface area contributed by atoms with Gasteiger partial charge in [-0.1, -0.05) is 45.0 Å². The molecule has 2 rings (SSSR count). The first-order chi connectivity index (χ1) is 9.99. The smallest absolute Gasteiger partial charge is 0.103 e. The van der Waals surface area contributed by atoms with Gasteiger partial charge in [-0.15, -0.1) is 0 Å². The summed E-state index contributed by atoms with van der Waals surface area (Å²) in [5.41, 5.74) is 5.78. The molecule has 3 N–H and O–H groups in total. The fourth-order valence-electron chi connectivity index (χ4n) is 2.44. The number of hydrogen-bond acceptors (Lipinski definition) is 3. The fraction of sp³-hybridized carbons (Fsp3) is 0.444. The highest BCUT2D eigenvalue weighted by Crippen LogP contribution is 2.22. The zero-order valence-electron chi connectivity index (χ0n) is 13.2. The normalized spacial score (nSPS) is 13.3. The summed E-state index contributed by atoms with van der Waals surface area (Å²) < 4.78 is 5.36. The minimum absolute atomic E-state index is 0.198. The number of nitrogens with two attached hydrogens (primary N) is 1. The van der Waals surface area contributed by atoms with Crippen LogP contribution in [-0.4, -0.2) is 6.04 Å². The lowest BCUT2D eigenvalue weighted by molar-refractivity contribution is 0.447. The van der Waals surface area contributed by atoms with Gasteiger partial charge < -0.3 is 4.42 Å². The summed E-state index contributed by atoms with van der Waals surface area (Å²) in [6.45, 7) is 6.70. The number of furan rings is 1. The average molecular weight is 286 g/mol.